The number of azide groups is 1. The first-order valence-electron chi connectivity index (χ1n) is 6.04. The van der Waals surface area contributed by atoms with Gasteiger partial charge in [0.25, 0.3) is 0 Å². The Morgan fingerprint density at radius 2 is 1.82 bits per heavy atom. The zero-order chi connectivity index (χ0) is 13.4. The molecular weight excluding hydrogens is 234 g/mol. The Hall–Kier alpha value is -0.553. The van der Waals surface area contributed by atoms with Gasteiger partial charge < -0.3 is 9.16 Å². The molecule has 0 heterocycles. The Kier molecular flexibility index (Phi) is 7.46. The minimum atomic E-state index is -1.63. The first kappa shape index (κ1) is 16.4. The highest BCUT2D eigenvalue weighted by atomic mass is 28.4. The molecule has 0 rings (SSSR count). The zero-order valence-electron chi connectivity index (χ0n) is 11.7. The first-order chi connectivity index (χ1) is 7.81. The van der Waals surface area contributed by atoms with E-state index in [1.807, 2.05) is 0 Å². The van der Waals surface area contributed by atoms with Crippen molar-refractivity contribution >= 4 is 8.32 Å². The van der Waals surface area contributed by atoms with Gasteiger partial charge in [-0.2, -0.15) is 0 Å². The van der Waals surface area contributed by atoms with E-state index >= 15 is 0 Å². The number of hydrogen-bond acceptors (Lipinski definition) is 3. The van der Waals surface area contributed by atoms with Gasteiger partial charge in [0, 0.05) is 18.1 Å². The molecule has 0 bridgehead atoms. The molecule has 0 aromatic carbocycles. The molecule has 0 N–H and O–H groups in total. The lowest BCUT2D eigenvalue weighted by Gasteiger charge is -2.36. The van der Waals surface area contributed by atoms with Crippen LogP contribution in [0, 0.1) is 0 Å². The highest BCUT2D eigenvalue weighted by Crippen LogP contribution is 2.36. The molecule has 0 unspecified atom stereocenters. The molecule has 0 spiro atoms. The van der Waals surface area contributed by atoms with Crippen LogP contribution in [0.4, 0.5) is 0 Å². The average molecular weight is 259 g/mol. The van der Waals surface area contributed by atoms with Gasteiger partial charge in [-0.3, -0.25) is 0 Å². The third-order valence-electron chi connectivity index (χ3n) is 3.11. The van der Waals surface area contributed by atoms with Gasteiger partial charge in [0.1, 0.15) is 0 Å². The molecule has 0 aromatic rings. The van der Waals surface area contributed by atoms with Crippen molar-refractivity contribution in [3.63, 3.8) is 0 Å². The van der Waals surface area contributed by atoms with Crippen LogP contribution >= 0.6 is 0 Å². The fourth-order valence-electron chi connectivity index (χ4n) is 0.956. The lowest BCUT2D eigenvalue weighted by molar-refractivity contribution is 0.0948. The van der Waals surface area contributed by atoms with Gasteiger partial charge in [-0.1, -0.05) is 25.9 Å². The summed E-state index contributed by atoms with van der Waals surface area (Å²) < 4.78 is 11.4. The van der Waals surface area contributed by atoms with E-state index in [1.165, 1.54) is 0 Å². The molecule has 0 atom stereocenters. The van der Waals surface area contributed by atoms with E-state index in [0.29, 0.717) is 26.4 Å². The second-order valence-corrected chi connectivity index (χ2v) is 10.3. The highest BCUT2D eigenvalue weighted by molar-refractivity contribution is 6.74. The van der Waals surface area contributed by atoms with E-state index in [1.54, 1.807) is 0 Å². The summed E-state index contributed by atoms with van der Waals surface area (Å²) in [5, 5.41) is 3.68. The number of ether oxygens (including phenoxy) is 1. The lowest BCUT2D eigenvalue weighted by atomic mass is 10.2. The monoisotopic (exact) mass is 259 g/mol. The van der Waals surface area contributed by atoms with Crippen LogP contribution in [0.5, 0.6) is 0 Å². The van der Waals surface area contributed by atoms with Crippen LogP contribution in [-0.4, -0.2) is 34.7 Å². The summed E-state index contributed by atoms with van der Waals surface area (Å²) in [6, 6.07) is 0. The molecule has 0 fully saturated rings. The van der Waals surface area contributed by atoms with Crippen molar-refractivity contribution in [2.45, 2.75) is 45.3 Å². The molecule has 0 saturated heterocycles. The molecule has 6 heteroatoms. The molecule has 0 aliphatic carbocycles. The van der Waals surface area contributed by atoms with Gasteiger partial charge in [-0.05, 0) is 30.1 Å². The van der Waals surface area contributed by atoms with Crippen molar-refractivity contribution in [2.75, 3.05) is 26.4 Å². The second-order valence-electron chi connectivity index (χ2n) is 5.53. The fourth-order valence-corrected chi connectivity index (χ4v) is 1.98. The fraction of sp³-hybridized carbons (Fsp3) is 1.00. The standard InChI is InChI=1S/C11H25N3O2Si/c1-11(2,3)17(4,5)16-10-9-15-8-6-7-13-14-12/h6-10H2,1-5H3. The molecule has 0 aliphatic heterocycles. The van der Waals surface area contributed by atoms with Gasteiger partial charge in [0.05, 0.1) is 13.2 Å². The Bertz CT molecular complexity index is 258. The summed E-state index contributed by atoms with van der Waals surface area (Å²) in [4.78, 5) is 2.68. The Balaban J connectivity index is 3.55. The van der Waals surface area contributed by atoms with E-state index in [4.69, 9.17) is 14.7 Å². The molecule has 0 aromatic heterocycles. The predicted molar refractivity (Wildman–Crippen MR) is 72.6 cm³/mol. The number of rotatable bonds is 8. The molecule has 0 amide bonds. The Morgan fingerprint density at radius 3 is 2.35 bits per heavy atom. The third-order valence-corrected chi connectivity index (χ3v) is 7.64. The third kappa shape index (κ3) is 7.39. The van der Waals surface area contributed by atoms with Crippen molar-refractivity contribution in [1.82, 2.24) is 0 Å². The lowest BCUT2D eigenvalue weighted by Crippen LogP contribution is -2.41. The quantitative estimate of drug-likeness (QED) is 0.219. The predicted octanol–water partition coefficient (Wildman–Crippen LogP) is 3.73. The van der Waals surface area contributed by atoms with Crippen molar-refractivity contribution in [1.29, 1.82) is 0 Å². The minimum Gasteiger partial charge on any atom is -0.414 e. The molecule has 0 saturated carbocycles. The van der Waals surface area contributed by atoms with Crippen LogP contribution in [0.1, 0.15) is 27.2 Å². The second kappa shape index (κ2) is 7.71. The average Bonchev–Trinajstić information content (AvgIpc) is 2.20. The largest absolute Gasteiger partial charge is 0.414 e. The molecule has 100 valence electrons. The smallest absolute Gasteiger partial charge is 0.192 e. The summed E-state index contributed by atoms with van der Waals surface area (Å²) >= 11 is 0. The van der Waals surface area contributed by atoms with Crippen LogP contribution in [0.2, 0.25) is 18.1 Å². The topological polar surface area (TPSA) is 67.2 Å². The van der Waals surface area contributed by atoms with Crippen molar-refractivity contribution < 1.29 is 9.16 Å². The van der Waals surface area contributed by atoms with E-state index in [2.05, 4.69) is 43.9 Å². The summed E-state index contributed by atoms with van der Waals surface area (Å²) in [5.74, 6) is 0. The van der Waals surface area contributed by atoms with Gasteiger partial charge in [-0.15, -0.1) is 0 Å². The van der Waals surface area contributed by atoms with Crippen LogP contribution in [0.3, 0.4) is 0 Å². The van der Waals surface area contributed by atoms with E-state index in [9.17, 15) is 0 Å². The first-order valence-corrected chi connectivity index (χ1v) is 8.94. The maximum Gasteiger partial charge on any atom is 0.192 e. The summed E-state index contributed by atoms with van der Waals surface area (Å²) in [7, 11) is -1.63. The summed E-state index contributed by atoms with van der Waals surface area (Å²) in [6.07, 6.45) is 0.768. The highest BCUT2D eigenvalue weighted by Gasteiger charge is 2.36. The van der Waals surface area contributed by atoms with Crippen molar-refractivity contribution in [3.05, 3.63) is 10.4 Å². The van der Waals surface area contributed by atoms with Gasteiger partial charge >= 0.3 is 0 Å². The SMILES string of the molecule is CC(C)(C)[Si](C)(C)OCCOCCCN=[N+]=[N-]. The van der Waals surface area contributed by atoms with Gasteiger partial charge in [0.2, 0.25) is 0 Å². The number of hydrogen-bond donors (Lipinski definition) is 0. The molecule has 0 aliphatic rings. The minimum absolute atomic E-state index is 0.245. The molecular formula is C11H25N3O2Si. The normalized spacial score (nSPS) is 12.3. The maximum atomic E-state index is 8.07. The maximum absolute atomic E-state index is 8.07. The van der Waals surface area contributed by atoms with Crippen LogP contribution < -0.4 is 0 Å². The van der Waals surface area contributed by atoms with Gasteiger partial charge in [-0.25, -0.2) is 0 Å². The van der Waals surface area contributed by atoms with Crippen molar-refractivity contribution in [3.8, 4) is 0 Å². The van der Waals surface area contributed by atoms with E-state index in [0.717, 1.165) is 6.42 Å². The van der Waals surface area contributed by atoms with E-state index in [-0.39, 0.29) is 5.04 Å². The molecule has 5 nitrogen and oxygen atoms in total. The Labute approximate surface area is 105 Å². The molecule has 17 heavy (non-hydrogen) atoms. The number of nitrogens with zero attached hydrogens (tertiary/aromatic N) is 3. The Morgan fingerprint density at radius 1 is 1.18 bits per heavy atom. The van der Waals surface area contributed by atoms with Crippen LogP contribution in [0.25, 0.3) is 10.4 Å². The summed E-state index contributed by atoms with van der Waals surface area (Å²) in [6.45, 7) is 13.5. The molecule has 0 radical (unpaired) electrons. The summed E-state index contributed by atoms with van der Waals surface area (Å²) in [5.41, 5.74) is 8.07. The van der Waals surface area contributed by atoms with E-state index < -0.39 is 8.32 Å². The zero-order valence-corrected chi connectivity index (χ0v) is 12.7. The van der Waals surface area contributed by atoms with Crippen molar-refractivity contribution in [2.24, 2.45) is 5.11 Å². The van der Waals surface area contributed by atoms with Crippen LogP contribution in [0.15, 0.2) is 5.11 Å². The van der Waals surface area contributed by atoms with Gasteiger partial charge in [0.15, 0.2) is 8.32 Å². The van der Waals surface area contributed by atoms with Crippen LogP contribution in [-0.2, 0) is 9.16 Å².